The van der Waals surface area contributed by atoms with Gasteiger partial charge in [-0.3, -0.25) is 0 Å². The van der Waals surface area contributed by atoms with Gasteiger partial charge in [-0.25, -0.2) is 9.97 Å². The molecular weight excluding hydrogens is 424 g/mol. The zero-order valence-electron chi connectivity index (χ0n) is 20.3. The van der Waals surface area contributed by atoms with Crippen molar-refractivity contribution in [3.8, 4) is 0 Å². The highest BCUT2D eigenvalue weighted by atomic mass is 28.3. The lowest BCUT2D eigenvalue weighted by atomic mass is 9.87. The number of hydrogen-bond acceptors (Lipinski definition) is 4. The van der Waals surface area contributed by atoms with Gasteiger partial charge in [0, 0.05) is 19.2 Å². The van der Waals surface area contributed by atoms with E-state index in [2.05, 4.69) is 80.4 Å². The molecule has 0 amide bonds. The fraction of sp³-hybridized carbons (Fsp3) is 0.429. The molecule has 1 fully saturated rings. The Kier molecular flexibility index (Phi) is 7.73. The number of benzene rings is 2. The Balaban J connectivity index is 1.50. The second-order valence-corrected chi connectivity index (χ2v) is 12.0. The molecule has 33 heavy (non-hydrogen) atoms. The predicted octanol–water partition coefficient (Wildman–Crippen LogP) is 4.77. The summed E-state index contributed by atoms with van der Waals surface area (Å²) < 4.78 is 12.1. The highest BCUT2D eigenvalue weighted by Gasteiger charge is 2.25. The number of nitrogens with zero attached hydrogens (tertiary/aromatic N) is 2. The minimum absolute atomic E-state index is 0.138. The smallest absolute Gasteiger partial charge is 0.283 e. The summed E-state index contributed by atoms with van der Waals surface area (Å²) in [5.74, 6) is 1.37. The SMILES string of the molecule is COC1CCC(c2nccc(CO[Si](c3ccccc3)c3ccc(C(C)(C)C)cc3)n2)CC1. The van der Waals surface area contributed by atoms with Crippen LogP contribution in [0.25, 0.3) is 0 Å². The fourth-order valence-electron chi connectivity index (χ4n) is 4.44. The summed E-state index contributed by atoms with van der Waals surface area (Å²) in [4.78, 5) is 9.48. The molecule has 1 radical (unpaired) electrons. The van der Waals surface area contributed by atoms with Crippen molar-refractivity contribution in [1.29, 1.82) is 0 Å². The molecule has 0 saturated heterocycles. The maximum absolute atomic E-state index is 6.59. The van der Waals surface area contributed by atoms with Crippen molar-refractivity contribution >= 4 is 19.4 Å². The Morgan fingerprint density at radius 1 is 0.879 bits per heavy atom. The molecule has 2 aromatic carbocycles. The first-order valence-electron chi connectivity index (χ1n) is 11.9. The largest absolute Gasteiger partial charge is 0.401 e. The first-order valence-corrected chi connectivity index (χ1v) is 13.4. The molecule has 3 aromatic rings. The van der Waals surface area contributed by atoms with Crippen LogP contribution >= 0.6 is 0 Å². The lowest BCUT2D eigenvalue weighted by Gasteiger charge is -2.26. The lowest BCUT2D eigenvalue weighted by molar-refractivity contribution is 0.0650. The summed E-state index contributed by atoms with van der Waals surface area (Å²) in [6.07, 6.45) is 6.60. The average molecular weight is 460 g/mol. The molecule has 0 aliphatic heterocycles. The van der Waals surface area contributed by atoms with Gasteiger partial charge < -0.3 is 9.16 Å². The van der Waals surface area contributed by atoms with E-state index in [-0.39, 0.29) is 5.41 Å². The minimum Gasteiger partial charge on any atom is -0.401 e. The van der Waals surface area contributed by atoms with Gasteiger partial charge in [0.05, 0.1) is 18.4 Å². The van der Waals surface area contributed by atoms with Crippen molar-refractivity contribution in [3.05, 3.63) is 83.9 Å². The first kappa shape index (κ1) is 23.8. The van der Waals surface area contributed by atoms with E-state index in [1.807, 2.05) is 19.4 Å². The van der Waals surface area contributed by atoms with Crippen molar-refractivity contribution in [3.63, 3.8) is 0 Å². The average Bonchev–Trinajstić information content (AvgIpc) is 2.85. The van der Waals surface area contributed by atoms with Crippen molar-refractivity contribution in [2.45, 2.75) is 70.5 Å². The Morgan fingerprint density at radius 3 is 2.18 bits per heavy atom. The molecule has 1 aliphatic carbocycles. The molecule has 0 bridgehead atoms. The van der Waals surface area contributed by atoms with Gasteiger partial charge in [-0.1, -0.05) is 75.4 Å². The zero-order chi connectivity index (χ0) is 23.3. The molecule has 0 spiro atoms. The van der Waals surface area contributed by atoms with E-state index in [0.717, 1.165) is 37.2 Å². The molecule has 0 unspecified atom stereocenters. The van der Waals surface area contributed by atoms with E-state index < -0.39 is 9.04 Å². The van der Waals surface area contributed by atoms with E-state index in [1.54, 1.807) is 0 Å². The normalized spacial score (nSPS) is 19.1. The first-order chi connectivity index (χ1) is 15.9. The minimum atomic E-state index is -1.38. The third-order valence-corrected chi connectivity index (χ3v) is 8.67. The van der Waals surface area contributed by atoms with Crippen LogP contribution in [-0.2, 0) is 21.2 Å². The molecule has 4 nitrogen and oxygen atoms in total. The van der Waals surface area contributed by atoms with Crippen molar-refractivity contribution in [1.82, 2.24) is 9.97 Å². The third kappa shape index (κ3) is 6.17. The van der Waals surface area contributed by atoms with Crippen LogP contribution in [0.4, 0.5) is 0 Å². The Labute approximate surface area is 200 Å². The topological polar surface area (TPSA) is 44.2 Å². The number of aromatic nitrogens is 2. The third-order valence-electron chi connectivity index (χ3n) is 6.52. The highest BCUT2D eigenvalue weighted by Crippen LogP contribution is 2.32. The van der Waals surface area contributed by atoms with Gasteiger partial charge in [0.25, 0.3) is 9.04 Å². The maximum Gasteiger partial charge on any atom is 0.283 e. The van der Waals surface area contributed by atoms with E-state index >= 15 is 0 Å². The molecule has 1 saturated carbocycles. The lowest BCUT2D eigenvalue weighted by Crippen LogP contribution is -2.45. The maximum atomic E-state index is 6.59. The molecule has 173 valence electrons. The molecule has 0 atom stereocenters. The summed E-state index contributed by atoms with van der Waals surface area (Å²) in [6, 6.07) is 21.5. The number of methoxy groups -OCH3 is 1. The quantitative estimate of drug-likeness (QED) is 0.478. The summed E-state index contributed by atoms with van der Waals surface area (Å²) in [5, 5.41) is 2.50. The van der Waals surface area contributed by atoms with Crippen molar-refractivity contribution in [2.75, 3.05) is 7.11 Å². The van der Waals surface area contributed by atoms with Crippen LogP contribution in [0.15, 0.2) is 66.9 Å². The molecule has 1 aromatic heterocycles. The van der Waals surface area contributed by atoms with Gasteiger partial charge in [-0.05, 0) is 53.1 Å². The summed E-state index contributed by atoms with van der Waals surface area (Å²) in [7, 11) is 0.424. The van der Waals surface area contributed by atoms with Crippen LogP contribution in [0.1, 0.15) is 69.5 Å². The van der Waals surface area contributed by atoms with E-state index in [1.165, 1.54) is 15.9 Å². The monoisotopic (exact) mass is 459 g/mol. The van der Waals surface area contributed by atoms with Gasteiger partial charge >= 0.3 is 0 Å². The van der Waals surface area contributed by atoms with Gasteiger partial charge in [0.1, 0.15) is 5.82 Å². The molecule has 1 heterocycles. The van der Waals surface area contributed by atoms with Crippen LogP contribution in [0, 0.1) is 0 Å². The van der Waals surface area contributed by atoms with Gasteiger partial charge in [0.2, 0.25) is 0 Å². The summed E-state index contributed by atoms with van der Waals surface area (Å²) in [6.45, 7) is 7.23. The van der Waals surface area contributed by atoms with Gasteiger partial charge in [0.15, 0.2) is 0 Å². The van der Waals surface area contributed by atoms with Crippen LogP contribution in [0.2, 0.25) is 0 Å². The second-order valence-electron chi connectivity index (χ2n) is 9.93. The predicted molar refractivity (Wildman–Crippen MR) is 135 cm³/mol. The second kappa shape index (κ2) is 10.7. The molecular formula is C28H35N2O2Si. The molecule has 4 rings (SSSR count). The molecule has 0 N–H and O–H groups in total. The van der Waals surface area contributed by atoms with Gasteiger partial charge in [-0.2, -0.15) is 0 Å². The Morgan fingerprint density at radius 2 is 1.55 bits per heavy atom. The fourth-order valence-corrected chi connectivity index (χ4v) is 6.36. The summed E-state index contributed by atoms with van der Waals surface area (Å²) >= 11 is 0. The van der Waals surface area contributed by atoms with E-state index in [4.69, 9.17) is 14.1 Å². The van der Waals surface area contributed by atoms with Crippen LogP contribution in [-0.4, -0.2) is 32.2 Å². The number of rotatable bonds is 7. The molecule has 1 aliphatic rings. The van der Waals surface area contributed by atoms with Gasteiger partial charge in [-0.15, -0.1) is 0 Å². The van der Waals surface area contributed by atoms with E-state index in [0.29, 0.717) is 18.6 Å². The van der Waals surface area contributed by atoms with Crippen molar-refractivity contribution in [2.24, 2.45) is 0 Å². The Bertz CT molecular complexity index is 1010. The zero-order valence-corrected chi connectivity index (χ0v) is 21.3. The van der Waals surface area contributed by atoms with Crippen LogP contribution < -0.4 is 10.4 Å². The van der Waals surface area contributed by atoms with E-state index in [9.17, 15) is 0 Å². The standard InChI is InChI=1S/C28H35N2O2Si/c1-28(2,3)22-12-16-26(17-13-22)33(25-8-6-5-7-9-25)32-20-23-18-19-29-27(30-23)21-10-14-24(31-4)15-11-21/h5-9,12-13,16-19,21,24H,10-11,14-15,20H2,1-4H3. The Hall–Kier alpha value is -2.34. The summed E-state index contributed by atoms with van der Waals surface area (Å²) in [5.41, 5.74) is 2.43. The van der Waals surface area contributed by atoms with Crippen molar-refractivity contribution < 1.29 is 9.16 Å². The number of ether oxygens (including phenoxy) is 1. The van der Waals surface area contributed by atoms with Crippen LogP contribution in [0.3, 0.4) is 0 Å². The number of hydrogen-bond donors (Lipinski definition) is 0. The molecule has 5 heteroatoms. The van der Waals surface area contributed by atoms with Crippen LogP contribution in [0.5, 0.6) is 0 Å². The highest BCUT2D eigenvalue weighted by molar-refractivity contribution is 6.80.